The summed E-state index contributed by atoms with van der Waals surface area (Å²) in [4.78, 5) is 0. The molecule has 0 radical (unpaired) electrons. The molecule has 0 aromatic rings. The summed E-state index contributed by atoms with van der Waals surface area (Å²) in [5.74, 6) is -0.987. The van der Waals surface area contributed by atoms with Gasteiger partial charge in [0.05, 0.1) is 0 Å². The third-order valence-corrected chi connectivity index (χ3v) is 2.36. The van der Waals surface area contributed by atoms with Crippen molar-refractivity contribution >= 4 is 81.4 Å². The molecule has 2 N–H and O–H groups in total. The van der Waals surface area contributed by atoms with Crippen molar-refractivity contribution in [2.45, 2.75) is 7.59 Å². The molecule has 104 valence electrons. The van der Waals surface area contributed by atoms with Crippen LogP contribution in [0, 0.1) is 10.8 Å². The van der Waals surface area contributed by atoms with Gasteiger partial charge in [0.25, 0.3) is 7.59 Å². The summed E-state index contributed by atoms with van der Waals surface area (Å²) in [5, 5.41) is 14.4. The van der Waals surface area contributed by atoms with Gasteiger partial charge in [0, 0.05) is 0 Å². The largest absolute Gasteiger partial charge is 0.474 e. The molecule has 0 spiro atoms. The van der Waals surface area contributed by atoms with Gasteiger partial charge in [-0.25, -0.2) is 0 Å². The second-order valence-electron chi connectivity index (χ2n) is 2.75. The summed E-state index contributed by atoms with van der Waals surface area (Å²) in [6.07, 6.45) is 2.99. The van der Waals surface area contributed by atoms with Gasteiger partial charge in [0.1, 0.15) is 13.2 Å². The van der Waals surface area contributed by atoms with E-state index in [1.54, 1.807) is 0 Å². The Labute approximate surface area is 134 Å². The summed E-state index contributed by atoms with van der Waals surface area (Å²) in [5.41, 5.74) is 0. The lowest BCUT2D eigenvalue weighted by molar-refractivity contribution is 0.327. The molecular formula is C8H8Cl6N2O2. The molecule has 0 aliphatic carbocycles. The highest BCUT2D eigenvalue weighted by Crippen LogP contribution is 2.28. The van der Waals surface area contributed by atoms with E-state index < -0.39 is 19.4 Å². The Balaban J connectivity index is 3.81. The van der Waals surface area contributed by atoms with Gasteiger partial charge in [-0.3, -0.25) is 10.8 Å². The Morgan fingerprint density at radius 1 is 0.778 bits per heavy atom. The summed E-state index contributed by atoms with van der Waals surface area (Å²) in [6, 6.07) is 0. The van der Waals surface area contributed by atoms with E-state index in [-0.39, 0.29) is 13.2 Å². The molecule has 0 unspecified atom stereocenters. The zero-order chi connectivity index (χ0) is 14.4. The van der Waals surface area contributed by atoms with Gasteiger partial charge in [0.2, 0.25) is 11.8 Å². The van der Waals surface area contributed by atoms with Crippen molar-refractivity contribution in [3.05, 3.63) is 12.2 Å². The highest BCUT2D eigenvalue weighted by Gasteiger charge is 2.28. The van der Waals surface area contributed by atoms with E-state index in [0.717, 1.165) is 0 Å². The molecule has 0 rings (SSSR count). The molecule has 0 fully saturated rings. The Morgan fingerprint density at radius 2 is 1.06 bits per heavy atom. The third-order valence-electron chi connectivity index (χ3n) is 1.33. The van der Waals surface area contributed by atoms with Crippen LogP contribution in [-0.2, 0) is 9.47 Å². The van der Waals surface area contributed by atoms with Crippen LogP contribution in [0.3, 0.4) is 0 Å². The molecule has 0 aromatic heterocycles. The van der Waals surface area contributed by atoms with Crippen LogP contribution in [0.15, 0.2) is 12.2 Å². The topological polar surface area (TPSA) is 66.2 Å². The zero-order valence-electron chi connectivity index (χ0n) is 8.65. The number of hydrogen-bond donors (Lipinski definition) is 2. The van der Waals surface area contributed by atoms with Crippen molar-refractivity contribution in [2.24, 2.45) is 0 Å². The SMILES string of the molecule is N=C(OC/C=C\COC(=N)C(Cl)(Cl)Cl)C(Cl)(Cl)Cl. The quantitative estimate of drug-likeness (QED) is 0.333. The molecule has 0 saturated heterocycles. The predicted octanol–water partition coefficient (Wildman–Crippen LogP) is 4.27. The molecule has 0 aliphatic heterocycles. The number of nitrogens with one attached hydrogen (secondary N) is 2. The van der Waals surface area contributed by atoms with E-state index in [4.69, 9.17) is 89.9 Å². The molecular weight excluding hydrogens is 369 g/mol. The van der Waals surface area contributed by atoms with Gasteiger partial charge in [0.15, 0.2) is 0 Å². The van der Waals surface area contributed by atoms with Crippen LogP contribution in [0.4, 0.5) is 0 Å². The van der Waals surface area contributed by atoms with Crippen molar-refractivity contribution < 1.29 is 9.47 Å². The maximum atomic E-state index is 7.20. The van der Waals surface area contributed by atoms with Gasteiger partial charge in [-0.1, -0.05) is 69.6 Å². The standard InChI is InChI=1S/C8H8Cl6N2O2/c9-7(10,11)5(15)17-3-1-2-4-18-6(16)8(12,13)14/h1-2,15-16H,3-4H2/b2-1-,15-5?,16-6?. The third kappa shape index (κ3) is 8.51. The van der Waals surface area contributed by atoms with Gasteiger partial charge in [-0.15, -0.1) is 0 Å². The average Bonchev–Trinajstić information content (AvgIpc) is 2.19. The van der Waals surface area contributed by atoms with Gasteiger partial charge < -0.3 is 9.47 Å². The molecule has 0 heterocycles. The summed E-state index contributed by atoms with van der Waals surface area (Å²) < 4.78 is 5.81. The minimum Gasteiger partial charge on any atom is -0.474 e. The summed E-state index contributed by atoms with van der Waals surface area (Å²) >= 11 is 32.3. The Morgan fingerprint density at radius 3 is 1.28 bits per heavy atom. The first-order valence-corrected chi connectivity index (χ1v) is 6.54. The van der Waals surface area contributed by atoms with Crippen LogP contribution in [0.25, 0.3) is 0 Å². The molecule has 0 atom stereocenters. The molecule has 0 aromatic carbocycles. The van der Waals surface area contributed by atoms with E-state index in [2.05, 4.69) is 0 Å². The van der Waals surface area contributed by atoms with Crippen LogP contribution in [0.5, 0.6) is 0 Å². The van der Waals surface area contributed by atoms with E-state index in [0.29, 0.717) is 0 Å². The average molecular weight is 377 g/mol. The van der Waals surface area contributed by atoms with Crippen molar-refractivity contribution in [3.8, 4) is 0 Å². The number of halogens is 6. The fourth-order valence-electron chi connectivity index (χ4n) is 0.563. The maximum absolute atomic E-state index is 7.20. The van der Waals surface area contributed by atoms with E-state index >= 15 is 0 Å². The Bertz CT molecular complexity index is 301. The molecule has 0 amide bonds. The second kappa shape index (κ2) is 7.88. The highest BCUT2D eigenvalue weighted by atomic mass is 35.6. The molecule has 18 heavy (non-hydrogen) atoms. The number of alkyl halides is 6. The minimum atomic E-state index is -1.89. The Kier molecular flexibility index (Phi) is 8.06. The molecule has 10 heteroatoms. The fourth-order valence-corrected chi connectivity index (χ4v) is 0.890. The first-order chi connectivity index (χ1) is 8.05. The molecule has 0 saturated carbocycles. The van der Waals surface area contributed by atoms with Crippen LogP contribution in [-0.4, -0.2) is 32.6 Å². The molecule has 4 nitrogen and oxygen atoms in total. The monoisotopic (exact) mass is 374 g/mol. The Hall–Kier alpha value is 0.420. The number of ether oxygens (including phenoxy) is 2. The van der Waals surface area contributed by atoms with Crippen LogP contribution < -0.4 is 0 Å². The van der Waals surface area contributed by atoms with E-state index in [1.807, 2.05) is 0 Å². The van der Waals surface area contributed by atoms with Crippen molar-refractivity contribution in [2.75, 3.05) is 13.2 Å². The minimum absolute atomic E-state index is 0.0111. The van der Waals surface area contributed by atoms with Crippen LogP contribution in [0.2, 0.25) is 0 Å². The lowest BCUT2D eigenvalue weighted by Crippen LogP contribution is -2.21. The predicted molar refractivity (Wildman–Crippen MR) is 77.1 cm³/mol. The summed E-state index contributed by atoms with van der Waals surface area (Å²) in [6.45, 7) is 0.0222. The molecule has 0 aliphatic rings. The fraction of sp³-hybridized carbons (Fsp3) is 0.500. The summed E-state index contributed by atoms with van der Waals surface area (Å²) in [7, 11) is 0. The lowest BCUT2D eigenvalue weighted by Gasteiger charge is -2.12. The van der Waals surface area contributed by atoms with Crippen molar-refractivity contribution in [3.63, 3.8) is 0 Å². The highest BCUT2D eigenvalue weighted by molar-refractivity contribution is 6.76. The lowest BCUT2D eigenvalue weighted by atomic mass is 10.5. The van der Waals surface area contributed by atoms with Gasteiger partial charge >= 0.3 is 0 Å². The molecule has 0 bridgehead atoms. The first kappa shape index (κ1) is 18.4. The smallest absolute Gasteiger partial charge is 0.265 e. The van der Waals surface area contributed by atoms with Gasteiger partial charge in [-0.2, -0.15) is 0 Å². The van der Waals surface area contributed by atoms with Crippen LogP contribution >= 0.6 is 69.6 Å². The van der Waals surface area contributed by atoms with E-state index in [9.17, 15) is 0 Å². The second-order valence-corrected chi connectivity index (χ2v) is 7.31. The normalized spacial score (nSPS) is 12.6. The van der Waals surface area contributed by atoms with Gasteiger partial charge in [-0.05, 0) is 12.2 Å². The van der Waals surface area contributed by atoms with Crippen LogP contribution in [0.1, 0.15) is 0 Å². The number of rotatable bonds is 4. The van der Waals surface area contributed by atoms with Crippen molar-refractivity contribution in [1.29, 1.82) is 10.8 Å². The maximum Gasteiger partial charge on any atom is 0.265 e. The zero-order valence-corrected chi connectivity index (χ0v) is 13.2. The van der Waals surface area contributed by atoms with Crippen molar-refractivity contribution in [1.82, 2.24) is 0 Å². The first-order valence-electron chi connectivity index (χ1n) is 4.27. The van der Waals surface area contributed by atoms with E-state index in [1.165, 1.54) is 12.2 Å². The number of hydrogen-bond acceptors (Lipinski definition) is 4.